The predicted molar refractivity (Wildman–Crippen MR) is 76.7 cm³/mol. The molecule has 0 atom stereocenters. The summed E-state index contributed by atoms with van der Waals surface area (Å²) in [6.07, 6.45) is 1.18. The van der Waals surface area contributed by atoms with Gasteiger partial charge in [0.15, 0.2) is 0 Å². The minimum atomic E-state index is -0.372. The average Bonchev–Trinajstić information content (AvgIpc) is 2.43. The molecule has 1 heterocycles. The zero-order chi connectivity index (χ0) is 14.5. The number of hydrogen-bond acceptors (Lipinski definition) is 4. The van der Waals surface area contributed by atoms with Crippen LogP contribution >= 0.6 is 0 Å². The molecule has 0 saturated carbocycles. The molecule has 20 heavy (non-hydrogen) atoms. The Morgan fingerprint density at radius 3 is 2.45 bits per heavy atom. The molecule has 1 fully saturated rings. The summed E-state index contributed by atoms with van der Waals surface area (Å²) in [4.78, 5) is 15.1. The van der Waals surface area contributed by atoms with Crippen LogP contribution in [0.5, 0.6) is 5.75 Å². The van der Waals surface area contributed by atoms with Crippen molar-refractivity contribution in [2.75, 3.05) is 27.2 Å². The summed E-state index contributed by atoms with van der Waals surface area (Å²) in [6, 6.07) is 7.58. The van der Waals surface area contributed by atoms with Crippen LogP contribution in [0.2, 0.25) is 0 Å². The molecule has 1 N–H and O–H groups in total. The summed E-state index contributed by atoms with van der Waals surface area (Å²) >= 11 is 0. The number of carbonyl (C=O) groups excluding carboxylic acids is 1. The molecular weight excluding hydrogens is 256 g/mol. The Hall–Kier alpha value is -1.59. The summed E-state index contributed by atoms with van der Waals surface area (Å²) in [6.45, 7) is 2.73. The second kappa shape index (κ2) is 6.72. The highest BCUT2D eigenvalue weighted by Gasteiger charge is 2.16. The number of ether oxygens (including phenoxy) is 1. The van der Waals surface area contributed by atoms with Crippen molar-refractivity contribution in [1.82, 2.24) is 9.80 Å². The molecular formula is C15H22N2O3. The van der Waals surface area contributed by atoms with Crippen molar-refractivity contribution in [3.63, 3.8) is 0 Å². The number of piperidine rings is 1. The number of rotatable bonds is 3. The minimum Gasteiger partial charge on any atom is -0.410 e. The highest BCUT2D eigenvalue weighted by molar-refractivity contribution is 5.69. The van der Waals surface area contributed by atoms with Gasteiger partial charge in [-0.05, 0) is 30.5 Å². The molecule has 0 aromatic heterocycles. The molecule has 1 amide bonds. The third kappa shape index (κ3) is 4.21. The highest BCUT2D eigenvalue weighted by Crippen LogP contribution is 2.17. The van der Waals surface area contributed by atoms with E-state index in [1.807, 2.05) is 24.3 Å². The number of carbonyl (C=O) groups is 1. The fraction of sp³-hybridized carbons (Fsp3) is 0.533. The van der Waals surface area contributed by atoms with E-state index < -0.39 is 0 Å². The quantitative estimate of drug-likeness (QED) is 0.914. The van der Waals surface area contributed by atoms with Crippen molar-refractivity contribution in [2.45, 2.75) is 25.5 Å². The first-order valence-corrected chi connectivity index (χ1v) is 6.93. The smallest absolute Gasteiger partial charge is 0.410 e. The number of aliphatic hydroxyl groups is 1. The van der Waals surface area contributed by atoms with Gasteiger partial charge >= 0.3 is 6.09 Å². The van der Waals surface area contributed by atoms with Crippen LogP contribution in [0.25, 0.3) is 0 Å². The van der Waals surface area contributed by atoms with Crippen molar-refractivity contribution < 1.29 is 14.6 Å². The van der Waals surface area contributed by atoms with Gasteiger partial charge in [0.25, 0.3) is 0 Å². The van der Waals surface area contributed by atoms with Gasteiger partial charge in [-0.3, -0.25) is 4.90 Å². The van der Waals surface area contributed by atoms with Gasteiger partial charge in [-0.2, -0.15) is 0 Å². The van der Waals surface area contributed by atoms with E-state index in [4.69, 9.17) is 4.74 Å². The van der Waals surface area contributed by atoms with Gasteiger partial charge in [-0.15, -0.1) is 0 Å². The average molecular weight is 278 g/mol. The maximum atomic E-state index is 11.4. The first-order chi connectivity index (χ1) is 9.54. The van der Waals surface area contributed by atoms with Crippen molar-refractivity contribution in [2.24, 2.45) is 0 Å². The maximum Gasteiger partial charge on any atom is 0.414 e. The molecule has 0 radical (unpaired) electrons. The standard InChI is InChI=1S/C15H22N2O3/c1-16(2)15(19)20-14-5-3-12(4-6-14)11-17-9-7-13(18)8-10-17/h3-6,13,18H,7-11H2,1-2H3. The third-order valence-corrected chi connectivity index (χ3v) is 3.46. The molecule has 1 saturated heterocycles. The largest absolute Gasteiger partial charge is 0.414 e. The Bertz CT molecular complexity index is 437. The molecule has 1 aromatic rings. The summed E-state index contributed by atoms with van der Waals surface area (Å²) in [5.41, 5.74) is 1.19. The SMILES string of the molecule is CN(C)C(=O)Oc1ccc(CN2CCC(O)CC2)cc1. The van der Waals surface area contributed by atoms with Crippen molar-refractivity contribution in [3.8, 4) is 5.75 Å². The van der Waals surface area contributed by atoms with Crippen LogP contribution in [0.3, 0.4) is 0 Å². The number of likely N-dealkylation sites (tertiary alicyclic amines) is 1. The van der Waals surface area contributed by atoms with Gasteiger partial charge in [0.1, 0.15) is 5.75 Å². The molecule has 5 heteroatoms. The van der Waals surface area contributed by atoms with E-state index in [2.05, 4.69) is 4.90 Å². The lowest BCUT2D eigenvalue weighted by atomic mass is 10.1. The van der Waals surface area contributed by atoms with E-state index in [1.54, 1.807) is 14.1 Å². The van der Waals surface area contributed by atoms with E-state index in [9.17, 15) is 9.90 Å². The van der Waals surface area contributed by atoms with Crippen LogP contribution in [0.1, 0.15) is 18.4 Å². The van der Waals surface area contributed by atoms with E-state index in [1.165, 1.54) is 10.5 Å². The van der Waals surface area contributed by atoms with Crippen molar-refractivity contribution >= 4 is 6.09 Å². The van der Waals surface area contributed by atoms with Gasteiger partial charge in [0.2, 0.25) is 0 Å². The molecule has 1 aromatic carbocycles. The van der Waals surface area contributed by atoms with Crippen LogP contribution < -0.4 is 4.74 Å². The third-order valence-electron chi connectivity index (χ3n) is 3.46. The fourth-order valence-corrected chi connectivity index (χ4v) is 2.19. The molecule has 110 valence electrons. The Morgan fingerprint density at radius 1 is 1.30 bits per heavy atom. The Labute approximate surface area is 119 Å². The molecule has 1 aliphatic rings. The second-order valence-corrected chi connectivity index (χ2v) is 5.41. The van der Waals surface area contributed by atoms with Crippen molar-refractivity contribution in [1.29, 1.82) is 0 Å². The Morgan fingerprint density at radius 2 is 1.90 bits per heavy atom. The fourth-order valence-electron chi connectivity index (χ4n) is 2.19. The van der Waals surface area contributed by atoms with E-state index in [-0.39, 0.29) is 12.2 Å². The van der Waals surface area contributed by atoms with Gasteiger partial charge in [0, 0.05) is 33.7 Å². The lowest BCUT2D eigenvalue weighted by molar-refractivity contribution is 0.0792. The predicted octanol–water partition coefficient (Wildman–Crippen LogP) is 1.70. The number of hydrogen-bond donors (Lipinski definition) is 1. The first kappa shape index (κ1) is 14.8. The summed E-state index contributed by atoms with van der Waals surface area (Å²) in [5, 5.41) is 9.48. The van der Waals surface area contributed by atoms with Crippen LogP contribution in [-0.2, 0) is 6.54 Å². The van der Waals surface area contributed by atoms with Gasteiger partial charge in [0.05, 0.1) is 6.10 Å². The van der Waals surface area contributed by atoms with Gasteiger partial charge < -0.3 is 14.7 Å². The summed E-state index contributed by atoms with van der Waals surface area (Å²) in [7, 11) is 3.31. The monoisotopic (exact) mass is 278 g/mol. The molecule has 0 aliphatic carbocycles. The molecule has 0 bridgehead atoms. The van der Waals surface area contributed by atoms with Crippen LogP contribution in [0.15, 0.2) is 24.3 Å². The van der Waals surface area contributed by atoms with Crippen LogP contribution in [0, 0.1) is 0 Å². The van der Waals surface area contributed by atoms with E-state index >= 15 is 0 Å². The Kier molecular flexibility index (Phi) is 4.98. The number of benzene rings is 1. The molecule has 2 rings (SSSR count). The number of nitrogens with zero attached hydrogens (tertiary/aromatic N) is 2. The second-order valence-electron chi connectivity index (χ2n) is 5.41. The number of aliphatic hydroxyl groups excluding tert-OH is 1. The molecule has 0 unspecified atom stereocenters. The lowest BCUT2D eigenvalue weighted by Crippen LogP contribution is -2.35. The van der Waals surface area contributed by atoms with Crippen LogP contribution in [0.4, 0.5) is 4.79 Å². The van der Waals surface area contributed by atoms with E-state index in [0.717, 1.165) is 32.5 Å². The molecule has 0 spiro atoms. The molecule has 1 aliphatic heterocycles. The Balaban J connectivity index is 1.87. The zero-order valence-electron chi connectivity index (χ0n) is 12.1. The van der Waals surface area contributed by atoms with Crippen LogP contribution in [-0.4, -0.2) is 54.3 Å². The van der Waals surface area contributed by atoms with E-state index in [0.29, 0.717) is 5.75 Å². The van der Waals surface area contributed by atoms with Crippen molar-refractivity contribution in [3.05, 3.63) is 29.8 Å². The maximum absolute atomic E-state index is 11.4. The normalized spacial score (nSPS) is 16.9. The lowest BCUT2D eigenvalue weighted by Gasteiger charge is -2.29. The van der Waals surface area contributed by atoms with Gasteiger partial charge in [-0.25, -0.2) is 4.79 Å². The first-order valence-electron chi connectivity index (χ1n) is 6.93. The summed E-state index contributed by atoms with van der Waals surface area (Å²) < 4.78 is 5.18. The minimum absolute atomic E-state index is 0.140. The summed E-state index contributed by atoms with van der Waals surface area (Å²) in [5.74, 6) is 0.557. The highest BCUT2D eigenvalue weighted by atomic mass is 16.6. The zero-order valence-corrected chi connectivity index (χ0v) is 12.1. The van der Waals surface area contributed by atoms with Gasteiger partial charge in [-0.1, -0.05) is 12.1 Å². The number of amides is 1. The molecule has 5 nitrogen and oxygen atoms in total. The topological polar surface area (TPSA) is 53.0 Å².